The fourth-order valence-corrected chi connectivity index (χ4v) is 4.91. The molecule has 176 valence electrons. The molecule has 1 aliphatic rings. The number of nitrogens with zero attached hydrogens (tertiary/aromatic N) is 3. The van der Waals surface area contributed by atoms with Gasteiger partial charge in [0.05, 0.1) is 30.3 Å². The summed E-state index contributed by atoms with van der Waals surface area (Å²) in [5.41, 5.74) is 3.01. The van der Waals surface area contributed by atoms with E-state index in [0.717, 1.165) is 0 Å². The SMILES string of the molecule is COc1ccc(S(=O)(=O)N2CCC(C(=O)N/N=C\c3ccc([N+](=O)[O-])cc3)CC2)cc1OC. The Bertz CT molecular complexity index is 1140. The topological polar surface area (TPSA) is 140 Å². The van der Waals surface area contributed by atoms with Gasteiger partial charge in [-0.3, -0.25) is 14.9 Å². The Kier molecular flexibility index (Phi) is 7.61. The number of benzene rings is 2. The Morgan fingerprint density at radius 3 is 2.33 bits per heavy atom. The van der Waals surface area contributed by atoms with Gasteiger partial charge in [0.1, 0.15) is 0 Å². The molecule has 1 aliphatic heterocycles. The van der Waals surface area contributed by atoms with Crippen molar-refractivity contribution in [2.24, 2.45) is 11.0 Å². The van der Waals surface area contributed by atoms with Gasteiger partial charge in [-0.05, 0) is 42.7 Å². The first-order chi connectivity index (χ1) is 15.8. The molecule has 0 spiro atoms. The summed E-state index contributed by atoms with van der Waals surface area (Å²) in [7, 11) is -0.840. The molecule has 2 aromatic carbocycles. The highest BCUT2D eigenvalue weighted by molar-refractivity contribution is 7.89. The first-order valence-corrected chi connectivity index (χ1v) is 11.5. The van der Waals surface area contributed by atoms with E-state index in [-0.39, 0.29) is 35.5 Å². The summed E-state index contributed by atoms with van der Waals surface area (Å²) in [5, 5.41) is 14.6. The second-order valence-corrected chi connectivity index (χ2v) is 9.22. The number of nitrogens with one attached hydrogen (secondary N) is 1. The minimum atomic E-state index is -3.74. The van der Waals surface area contributed by atoms with Gasteiger partial charge < -0.3 is 9.47 Å². The first-order valence-electron chi connectivity index (χ1n) is 10.1. The van der Waals surface area contributed by atoms with Gasteiger partial charge >= 0.3 is 0 Å². The summed E-state index contributed by atoms with van der Waals surface area (Å²) < 4.78 is 37.7. The molecule has 0 aromatic heterocycles. The van der Waals surface area contributed by atoms with Crippen LogP contribution >= 0.6 is 0 Å². The number of hydrogen-bond acceptors (Lipinski definition) is 8. The fourth-order valence-electron chi connectivity index (χ4n) is 3.43. The van der Waals surface area contributed by atoms with Crippen molar-refractivity contribution < 1.29 is 27.6 Å². The predicted octanol–water partition coefficient (Wildman–Crippen LogP) is 2.16. The Morgan fingerprint density at radius 1 is 1.12 bits per heavy atom. The maximum Gasteiger partial charge on any atom is 0.269 e. The molecule has 3 rings (SSSR count). The van der Waals surface area contributed by atoms with Crippen molar-refractivity contribution in [2.45, 2.75) is 17.7 Å². The van der Waals surface area contributed by atoms with Crippen LogP contribution in [0.1, 0.15) is 18.4 Å². The summed E-state index contributed by atoms with van der Waals surface area (Å²) in [6.45, 7) is 0.391. The first kappa shape index (κ1) is 24.1. The maximum absolute atomic E-state index is 13.0. The average Bonchev–Trinajstić information content (AvgIpc) is 2.83. The lowest BCUT2D eigenvalue weighted by molar-refractivity contribution is -0.384. The van der Waals surface area contributed by atoms with Crippen LogP contribution in [0.15, 0.2) is 52.5 Å². The van der Waals surface area contributed by atoms with Gasteiger partial charge in [-0.25, -0.2) is 13.8 Å². The number of carbonyl (C=O) groups is 1. The Morgan fingerprint density at radius 2 is 1.76 bits per heavy atom. The van der Waals surface area contributed by atoms with E-state index in [1.165, 1.54) is 67.2 Å². The van der Waals surface area contributed by atoms with Crippen molar-refractivity contribution in [1.29, 1.82) is 0 Å². The van der Waals surface area contributed by atoms with E-state index in [1.807, 2.05) is 0 Å². The molecular weight excluding hydrogens is 452 g/mol. The summed E-state index contributed by atoms with van der Waals surface area (Å²) >= 11 is 0. The van der Waals surface area contributed by atoms with Gasteiger partial charge in [0.25, 0.3) is 5.69 Å². The number of hydrazone groups is 1. The molecule has 0 unspecified atom stereocenters. The van der Waals surface area contributed by atoms with Crippen molar-refractivity contribution in [3.8, 4) is 11.5 Å². The molecule has 2 aromatic rings. The molecule has 0 saturated carbocycles. The lowest BCUT2D eigenvalue weighted by atomic mass is 9.98. The van der Waals surface area contributed by atoms with Gasteiger partial charge in [-0.1, -0.05) is 0 Å². The maximum atomic E-state index is 13.0. The second-order valence-electron chi connectivity index (χ2n) is 7.28. The van der Waals surface area contributed by atoms with Crippen LogP contribution in [0.25, 0.3) is 0 Å². The molecule has 1 saturated heterocycles. The van der Waals surface area contributed by atoms with Crippen LogP contribution in [0.3, 0.4) is 0 Å². The van der Waals surface area contributed by atoms with E-state index in [0.29, 0.717) is 29.9 Å². The van der Waals surface area contributed by atoms with E-state index in [1.54, 1.807) is 0 Å². The normalized spacial score (nSPS) is 15.3. The number of nitro groups is 1. The molecule has 1 heterocycles. The summed E-state index contributed by atoms with van der Waals surface area (Å²) in [5.74, 6) is 0.0621. The number of hydrogen-bond donors (Lipinski definition) is 1. The minimum Gasteiger partial charge on any atom is -0.493 e. The van der Waals surface area contributed by atoms with Crippen LogP contribution in [0.2, 0.25) is 0 Å². The lowest BCUT2D eigenvalue weighted by Gasteiger charge is -2.30. The van der Waals surface area contributed by atoms with E-state index >= 15 is 0 Å². The smallest absolute Gasteiger partial charge is 0.269 e. The van der Waals surface area contributed by atoms with Crippen LogP contribution in [0.5, 0.6) is 11.5 Å². The molecule has 0 aliphatic carbocycles. The molecule has 1 fully saturated rings. The Hall–Kier alpha value is -3.51. The van der Waals surface area contributed by atoms with E-state index in [4.69, 9.17) is 9.47 Å². The third-order valence-corrected chi connectivity index (χ3v) is 7.20. The van der Waals surface area contributed by atoms with E-state index < -0.39 is 14.9 Å². The van der Waals surface area contributed by atoms with Gasteiger partial charge in [0, 0.05) is 37.2 Å². The van der Waals surface area contributed by atoms with Gasteiger partial charge in [-0.15, -0.1) is 0 Å². The zero-order valence-corrected chi connectivity index (χ0v) is 18.9. The van der Waals surface area contributed by atoms with Crippen LogP contribution in [-0.2, 0) is 14.8 Å². The van der Waals surface area contributed by atoms with Crippen LogP contribution in [0, 0.1) is 16.0 Å². The number of rotatable bonds is 8. The fraction of sp³-hybridized carbons (Fsp3) is 0.333. The third-order valence-electron chi connectivity index (χ3n) is 5.31. The number of methoxy groups -OCH3 is 2. The van der Waals surface area contributed by atoms with Gasteiger partial charge in [0.15, 0.2) is 11.5 Å². The monoisotopic (exact) mass is 476 g/mol. The molecule has 0 radical (unpaired) electrons. The van der Waals surface area contributed by atoms with Gasteiger partial charge in [-0.2, -0.15) is 9.41 Å². The molecule has 33 heavy (non-hydrogen) atoms. The zero-order chi connectivity index (χ0) is 24.0. The van der Waals surface area contributed by atoms with Crippen molar-refractivity contribution in [1.82, 2.24) is 9.73 Å². The minimum absolute atomic E-state index is 0.0361. The largest absolute Gasteiger partial charge is 0.493 e. The average molecular weight is 477 g/mol. The summed E-state index contributed by atoms with van der Waals surface area (Å²) in [6.07, 6.45) is 2.09. The number of ether oxygens (including phenoxy) is 2. The molecule has 1 amide bonds. The summed E-state index contributed by atoms with van der Waals surface area (Å²) in [4.78, 5) is 22.7. The highest BCUT2D eigenvalue weighted by atomic mass is 32.2. The molecule has 0 atom stereocenters. The molecule has 0 bridgehead atoms. The molecular formula is C21H24N4O7S. The van der Waals surface area contributed by atoms with Crippen molar-refractivity contribution in [2.75, 3.05) is 27.3 Å². The van der Waals surface area contributed by atoms with Crippen LogP contribution in [-0.4, -0.2) is 57.1 Å². The highest BCUT2D eigenvalue weighted by Gasteiger charge is 2.32. The van der Waals surface area contributed by atoms with E-state index in [9.17, 15) is 23.3 Å². The second kappa shape index (κ2) is 10.4. The standard InChI is InChI=1S/C21H24N4O7S/c1-31-19-8-7-18(13-20(19)32-2)33(29,30)24-11-9-16(10-12-24)21(26)23-22-14-15-3-5-17(6-4-15)25(27)28/h3-8,13-14,16H,9-12H2,1-2H3,(H,23,26)/b22-14-. The Balaban J connectivity index is 1.56. The highest BCUT2D eigenvalue weighted by Crippen LogP contribution is 2.32. The quantitative estimate of drug-likeness (QED) is 0.350. The number of carbonyl (C=O) groups excluding carboxylic acids is 1. The number of piperidine rings is 1. The molecule has 11 nitrogen and oxygen atoms in total. The van der Waals surface area contributed by atoms with Crippen LogP contribution in [0.4, 0.5) is 5.69 Å². The summed E-state index contributed by atoms with van der Waals surface area (Å²) in [6, 6.07) is 10.1. The predicted molar refractivity (Wildman–Crippen MR) is 120 cm³/mol. The van der Waals surface area contributed by atoms with Crippen molar-refractivity contribution >= 4 is 27.8 Å². The number of sulfonamides is 1. The van der Waals surface area contributed by atoms with Crippen molar-refractivity contribution in [3.63, 3.8) is 0 Å². The molecule has 12 heteroatoms. The lowest BCUT2D eigenvalue weighted by Crippen LogP contribution is -2.42. The number of nitro benzene ring substituents is 1. The number of amides is 1. The Labute approximate surface area is 191 Å². The van der Waals surface area contributed by atoms with Gasteiger partial charge in [0.2, 0.25) is 15.9 Å². The van der Waals surface area contributed by atoms with Crippen LogP contribution < -0.4 is 14.9 Å². The third kappa shape index (κ3) is 5.65. The molecule has 1 N–H and O–H groups in total. The van der Waals surface area contributed by atoms with Crippen molar-refractivity contribution in [3.05, 3.63) is 58.1 Å². The van der Waals surface area contributed by atoms with E-state index in [2.05, 4.69) is 10.5 Å². The number of non-ortho nitro benzene ring substituents is 1. The zero-order valence-electron chi connectivity index (χ0n) is 18.1.